The van der Waals surface area contributed by atoms with Crippen molar-refractivity contribution in [3.05, 3.63) is 36.4 Å². The minimum Gasteiger partial charge on any atom is -0.389 e. The molecule has 1 aromatic carbocycles. The zero-order valence-electron chi connectivity index (χ0n) is 26.1. The van der Waals surface area contributed by atoms with E-state index in [2.05, 4.69) is 79.5 Å². The van der Waals surface area contributed by atoms with Crippen LogP contribution in [-0.2, 0) is 4.79 Å². The monoisotopic (exact) mass is 592 g/mol. The number of rotatable bonds is 3. The smallest absolute Gasteiger partial charge is 0.244 e. The Morgan fingerprint density at radius 2 is 1.70 bits per heavy atom. The van der Waals surface area contributed by atoms with Crippen molar-refractivity contribution in [3.63, 3.8) is 0 Å². The van der Waals surface area contributed by atoms with Gasteiger partial charge in [0.25, 0.3) is 0 Å². The Morgan fingerprint density at radius 1 is 0.953 bits per heavy atom. The van der Waals surface area contributed by atoms with Crippen molar-refractivity contribution in [1.29, 1.82) is 0 Å². The number of benzene rings is 1. The summed E-state index contributed by atoms with van der Waals surface area (Å²) in [6.07, 6.45) is 13.7. The Bertz CT molecular complexity index is 1160. The number of hydrazine groups is 1. The molecule has 0 aromatic heterocycles. The van der Waals surface area contributed by atoms with E-state index in [0.29, 0.717) is 18.5 Å². The van der Waals surface area contributed by atoms with E-state index in [9.17, 15) is 9.90 Å². The third-order valence-electron chi connectivity index (χ3n) is 11.5. The molecular formula is C33H52N8O2. The molecule has 2 bridgehead atoms. The van der Waals surface area contributed by atoms with Crippen LogP contribution >= 0.6 is 0 Å². The van der Waals surface area contributed by atoms with Crippen molar-refractivity contribution >= 4 is 17.3 Å². The average Bonchev–Trinajstić information content (AvgIpc) is 3.29. The third kappa shape index (κ3) is 5.94. The molecule has 5 unspecified atom stereocenters. The van der Waals surface area contributed by atoms with E-state index in [1.165, 1.54) is 44.5 Å². The average molecular weight is 593 g/mol. The molecule has 43 heavy (non-hydrogen) atoms. The molecule has 10 nitrogen and oxygen atoms in total. The lowest BCUT2D eigenvalue weighted by molar-refractivity contribution is -0.146. The SMILES string of the molecule is CN1CCC2(CC1)CCN(c1ccc(NC3NCC4C(=O)N5C/C=C\CC[C@@](C)(O)C6CCCC(N6)N5C4N3)cc1)CC2. The molecule has 5 fully saturated rings. The van der Waals surface area contributed by atoms with E-state index < -0.39 is 5.60 Å². The Labute approximate surface area is 257 Å². The van der Waals surface area contributed by atoms with Gasteiger partial charge in [-0.2, -0.15) is 5.01 Å². The molecule has 5 N–H and O–H groups in total. The lowest BCUT2D eigenvalue weighted by Gasteiger charge is -2.47. The lowest BCUT2D eigenvalue weighted by atomic mass is 9.71. The summed E-state index contributed by atoms with van der Waals surface area (Å²) >= 11 is 0. The maximum absolute atomic E-state index is 13.6. The number of nitrogens with one attached hydrogen (secondary N) is 4. The van der Waals surface area contributed by atoms with E-state index in [1.807, 2.05) is 11.9 Å². The highest BCUT2D eigenvalue weighted by atomic mass is 16.3. The zero-order chi connectivity index (χ0) is 29.6. The number of hydrogen-bond donors (Lipinski definition) is 5. The standard InChI is InChI=1S/C33H52N8O2/c1-32(43)13-4-3-5-18-40-30(42)26-23-34-31(37-29(26)41(40)28-8-6-7-27(32)36-28)35-24-9-11-25(12-10-24)39-21-16-33(17-22-39)14-19-38(2)20-15-33/h3,5,9-12,26-29,31,34-37,43H,4,6-8,13-23H2,1-2H3/b5-3-/t26?,27?,28?,29?,31?,32-/m1/s1. The predicted octanol–water partition coefficient (Wildman–Crippen LogP) is 2.46. The van der Waals surface area contributed by atoms with E-state index >= 15 is 0 Å². The highest BCUT2D eigenvalue weighted by Crippen LogP contribution is 2.42. The topological polar surface area (TPSA) is 98.4 Å². The zero-order valence-corrected chi connectivity index (χ0v) is 26.1. The number of carbonyl (C=O) groups excluding carboxylic acids is 1. The minimum atomic E-state index is -0.776. The summed E-state index contributed by atoms with van der Waals surface area (Å²) in [5.41, 5.74) is 2.15. The molecule has 6 heterocycles. The van der Waals surface area contributed by atoms with Gasteiger partial charge in [0, 0.05) is 37.1 Å². The molecule has 236 valence electrons. The molecule has 1 aromatic rings. The van der Waals surface area contributed by atoms with Gasteiger partial charge in [-0.3, -0.25) is 25.8 Å². The van der Waals surface area contributed by atoms with Crippen LogP contribution in [0.4, 0.5) is 11.4 Å². The van der Waals surface area contributed by atoms with Crippen LogP contribution < -0.4 is 26.2 Å². The fourth-order valence-electron chi connectivity index (χ4n) is 8.50. The first kappa shape index (κ1) is 29.5. The number of carbonyl (C=O) groups is 1. The van der Waals surface area contributed by atoms with Crippen LogP contribution in [0.2, 0.25) is 0 Å². The molecule has 0 aliphatic carbocycles. The third-order valence-corrected chi connectivity index (χ3v) is 11.5. The molecule has 0 saturated carbocycles. The summed E-state index contributed by atoms with van der Waals surface area (Å²) < 4.78 is 0. The number of piperidine rings is 3. The van der Waals surface area contributed by atoms with Crippen LogP contribution in [0, 0.1) is 11.3 Å². The van der Waals surface area contributed by atoms with Crippen molar-refractivity contribution in [1.82, 2.24) is 30.9 Å². The Kier molecular flexibility index (Phi) is 8.20. The summed E-state index contributed by atoms with van der Waals surface area (Å²) in [6, 6.07) is 8.88. The van der Waals surface area contributed by atoms with Crippen LogP contribution in [0.25, 0.3) is 0 Å². The van der Waals surface area contributed by atoms with Crippen LogP contribution in [-0.4, -0.2) is 103 Å². The second-order valence-corrected chi connectivity index (χ2v) is 14.4. The maximum Gasteiger partial charge on any atom is 0.244 e. The summed E-state index contributed by atoms with van der Waals surface area (Å²) in [5, 5.41) is 30.1. The Morgan fingerprint density at radius 3 is 2.47 bits per heavy atom. The number of fused-ring (bicyclic) bond motifs is 6. The van der Waals surface area contributed by atoms with E-state index in [-0.39, 0.29) is 36.5 Å². The van der Waals surface area contributed by atoms with Gasteiger partial charge in [-0.15, -0.1) is 0 Å². The Balaban J connectivity index is 1.00. The van der Waals surface area contributed by atoms with Gasteiger partial charge in [0.15, 0.2) is 0 Å². The summed E-state index contributed by atoms with van der Waals surface area (Å²) in [7, 11) is 2.25. The Hall–Kier alpha value is -2.21. The fourth-order valence-corrected chi connectivity index (χ4v) is 8.50. The second kappa shape index (κ2) is 11.9. The molecule has 6 aliphatic heterocycles. The first-order valence-electron chi connectivity index (χ1n) is 16.8. The molecule has 6 aliphatic rings. The molecule has 5 saturated heterocycles. The van der Waals surface area contributed by atoms with Gasteiger partial charge in [-0.05, 0) is 115 Å². The molecule has 6 atom stereocenters. The summed E-state index contributed by atoms with van der Waals surface area (Å²) in [5.74, 6) is 0.00218. The quantitative estimate of drug-likeness (QED) is 0.339. The van der Waals surface area contributed by atoms with Crippen molar-refractivity contribution in [2.75, 3.05) is 56.5 Å². The van der Waals surface area contributed by atoms with Gasteiger partial charge in [0.05, 0.1) is 30.4 Å². The maximum atomic E-state index is 13.6. The van der Waals surface area contributed by atoms with Crippen molar-refractivity contribution in [3.8, 4) is 0 Å². The van der Waals surface area contributed by atoms with Crippen molar-refractivity contribution in [2.24, 2.45) is 11.3 Å². The summed E-state index contributed by atoms with van der Waals surface area (Å²) in [4.78, 5) is 18.7. The number of aliphatic hydroxyl groups is 1. The fraction of sp³-hybridized carbons (Fsp3) is 0.727. The van der Waals surface area contributed by atoms with E-state index in [4.69, 9.17) is 0 Å². The predicted molar refractivity (Wildman–Crippen MR) is 170 cm³/mol. The molecule has 1 spiro atoms. The molecule has 1 amide bonds. The van der Waals surface area contributed by atoms with Gasteiger partial charge in [0.1, 0.15) is 6.29 Å². The minimum absolute atomic E-state index is 0.000547. The number of anilines is 2. The van der Waals surface area contributed by atoms with Crippen molar-refractivity contribution in [2.45, 2.75) is 95.0 Å². The second-order valence-electron chi connectivity index (χ2n) is 14.4. The highest BCUT2D eigenvalue weighted by Gasteiger charge is 2.52. The van der Waals surface area contributed by atoms with Gasteiger partial charge < -0.3 is 20.2 Å². The number of nitrogens with zero attached hydrogens (tertiary/aromatic N) is 4. The van der Waals surface area contributed by atoms with Crippen LogP contribution in [0.3, 0.4) is 0 Å². The molecular weight excluding hydrogens is 540 g/mol. The molecule has 10 heteroatoms. The first-order valence-corrected chi connectivity index (χ1v) is 16.8. The number of hydrogen-bond acceptors (Lipinski definition) is 9. The van der Waals surface area contributed by atoms with Crippen molar-refractivity contribution < 1.29 is 9.90 Å². The number of allylic oxidation sites excluding steroid dienone is 1. The first-order chi connectivity index (χ1) is 20.8. The van der Waals surface area contributed by atoms with E-state index in [1.54, 1.807) is 0 Å². The van der Waals surface area contributed by atoms with Gasteiger partial charge >= 0.3 is 0 Å². The summed E-state index contributed by atoms with van der Waals surface area (Å²) in [6.45, 7) is 7.91. The van der Waals surface area contributed by atoms with Crippen LogP contribution in [0.5, 0.6) is 0 Å². The van der Waals surface area contributed by atoms with Crippen LogP contribution in [0.15, 0.2) is 36.4 Å². The normalized spacial score (nSPS) is 37.8. The number of amides is 1. The highest BCUT2D eigenvalue weighted by molar-refractivity contribution is 5.82. The van der Waals surface area contributed by atoms with Gasteiger partial charge in [-0.25, -0.2) is 0 Å². The lowest BCUT2D eigenvalue weighted by Crippen LogP contribution is -2.69. The number of likely N-dealkylation sites (tertiary alicyclic amines) is 1. The molecule has 0 radical (unpaired) electrons. The van der Waals surface area contributed by atoms with Gasteiger partial charge in [0.2, 0.25) is 5.91 Å². The largest absolute Gasteiger partial charge is 0.389 e. The van der Waals surface area contributed by atoms with E-state index in [0.717, 1.165) is 50.9 Å². The molecule has 7 rings (SSSR count). The van der Waals surface area contributed by atoms with Gasteiger partial charge in [-0.1, -0.05) is 12.2 Å². The van der Waals surface area contributed by atoms with Crippen LogP contribution in [0.1, 0.15) is 64.7 Å².